The van der Waals surface area contributed by atoms with Gasteiger partial charge >= 0.3 is 0 Å². The number of nitrogens with one attached hydrogen (secondary N) is 1. The molecule has 19 heavy (non-hydrogen) atoms. The van der Waals surface area contributed by atoms with Crippen LogP contribution in [-0.2, 0) is 0 Å². The normalized spacial score (nSPS) is 12.3. The monoisotopic (exact) mass is 286 g/mol. The summed E-state index contributed by atoms with van der Waals surface area (Å²) < 4.78 is 0. The van der Waals surface area contributed by atoms with Crippen molar-refractivity contribution < 1.29 is 9.72 Å². The van der Waals surface area contributed by atoms with Crippen molar-refractivity contribution >= 4 is 23.2 Å². The van der Waals surface area contributed by atoms with Gasteiger partial charge < -0.3 is 10.2 Å². The summed E-state index contributed by atoms with van der Waals surface area (Å²) in [6.45, 7) is 2.47. The van der Waals surface area contributed by atoms with E-state index in [0.29, 0.717) is 6.54 Å². The van der Waals surface area contributed by atoms with Crippen LogP contribution in [0.25, 0.3) is 0 Å². The minimum absolute atomic E-state index is 0.00136. The Kier molecular flexibility index (Phi) is 5.20. The summed E-state index contributed by atoms with van der Waals surface area (Å²) in [5, 5.41) is 13.3. The Balaban J connectivity index is 2.87. The van der Waals surface area contributed by atoms with E-state index >= 15 is 0 Å². The van der Waals surface area contributed by atoms with Gasteiger partial charge in [-0.25, -0.2) is 4.98 Å². The molecular weight excluding hydrogens is 272 g/mol. The minimum atomic E-state index is -0.622. The van der Waals surface area contributed by atoms with Gasteiger partial charge in [-0.05, 0) is 21.0 Å². The molecule has 0 aliphatic rings. The highest BCUT2D eigenvalue weighted by molar-refractivity contribution is 6.32. The van der Waals surface area contributed by atoms with E-state index in [-0.39, 0.29) is 22.4 Å². The summed E-state index contributed by atoms with van der Waals surface area (Å²) in [4.78, 5) is 27.5. The van der Waals surface area contributed by atoms with Gasteiger partial charge in [0.2, 0.25) is 0 Å². The lowest BCUT2D eigenvalue weighted by molar-refractivity contribution is -0.385. The molecule has 1 aromatic rings. The number of hydrogen-bond donors (Lipinski definition) is 1. The molecule has 1 amide bonds. The third-order valence-electron chi connectivity index (χ3n) is 2.30. The Bertz CT molecular complexity index is 493. The molecule has 0 fully saturated rings. The van der Waals surface area contributed by atoms with Gasteiger partial charge in [0.1, 0.15) is 11.3 Å². The molecule has 8 heteroatoms. The van der Waals surface area contributed by atoms with Crippen LogP contribution in [0.4, 0.5) is 5.69 Å². The average molecular weight is 287 g/mol. The highest BCUT2D eigenvalue weighted by atomic mass is 35.5. The van der Waals surface area contributed by atoms with Crippen LogP contribution in [0.1, 0.15) is 17.3 Å². The van der Waals surface area contributed by atoms with Crippen LogP contribution < -0.4 is 5.32 Å². The summed E-state index contributed by atoms with van der Waals surface area (Å²) in [6, 6.07) is 1.00. The van der Waals surface area contributed by atoms with Crippen molar-refractivity contribution in [2.45, 2.75) is 13.0 Å². The predicted octanol–water partition coefficient (Wildman–Crippen LogP) is 1.32. The largest absolute Gasteiger partial charge is 0.348 e. The predicted molar refractivity (Wildman–Crippen MR) is 71.4 cm³/mol. The number of nitrogens with zero attached hydrogens (tertiary/aromatic N) is 3. The fraction of sp³-hybridized carbons (Fsp3) is 0.455. The molecule has 0 aromatic carbocycles. The summed E-state index contributed by atoms with van der Waals surface area (Å²) >= 11 is 5.78. The van der Waals surface area contributed by atoms with E-state index in [4.69, 9.17) is 11.6 Å². The molecule has 1 N–H and O–H groups in total. The summed E-state index contributed by atoms with van der Waals surface area (Å²) in [5.74, 6) is -0.476. The topological polar surface area (TPSA) is 88.4 Å². The van der Waals surface area contributed by atoms with E-state index in [9.17, 15) is 14.9 Å². The van der Waals surface area contributed by atoms with Crippen LogP contribution in [0.2, 0.25) is 5.15 Å². The number of pyridine rings is 1. The molecule has 0 spiro atoms. The number of amides is 1. The number of likely N-dealkylation sites (N-methyl/N-ethyl adjacent to an activating group) is 1. The van der Waals surface area contributed by atoms with E-state index in [2.05, 4.69) is 10.3 Å². The number of aromatic nitrogens is 1. The van der Waals surface area contributed by atoms with Crippen molar-refractivity contribution in [3.8, 4) is 0 Å². The van der Waals surface area contributed by atoms with Gasteiger partial charge in [-0.3, -0.25) is 14.9 Å². The third-order valence-corrected chi connectivity index (χ3v) is 2.60. The van der Waals surface area contributed by atoms with Gasteiger partial charge in [0.05, 0.1) is 10.5 Å². The first kappa shape index (κ1) is 15.3. The zero-order valence-corrected chi connectivity index (χ0v) is 11.6. The van der Waals surface area contributed by atoms with Crippen molar-refractivity contribution in [3.63, 3.8) is 0 Å². The number of hydrogen-bond acceptors (Lipinski definition) is 5. The highest BCUT2D eigenvalue weighted by Crippen LogP contribution is 2.19. The van der Waals surface area contributed by atoms with Crippen molar-refractivity contribution in [2.24, 2.45) is 0 Å². The second-order valence-electron chi connectivity index (χ2n) is 4.43. The maximum atomic E-state index is 12.0. The summed E-state index contributed by atoms with van der Waals surface area (Å²) in [7, 11) is 3.76. The van der Waals surface area contributed by atoms with Crippen LogP contribution in [0.5, 0.6) is 0 Å². The molecule has 0 saturated carbocycles. The first-order chi connectivity index (χ1) is 8.81. The van der Waals surface area contributed by atoms with Gasteiger partial charge in [-0.1, -0.05) is 11.6 Å². The molecule has 0 aliphatic heterocycles. The lowest BCUT2D eigenvalue weighted by atomic mass is 10.2. The molecule has 0 saturated heterocycles. The van der Waals surface area contributed by atoms with Gasteiger partial charge in [-0.15, -0.1) is 0 Å². The van der Waals surface area contributed by atoms with Crippen LogP contribution in [0, 0.1) is 10.1 Å². The molecule has 1 atom stereocenters. The maximum Gasteiger partial charge on any atom is 0.288 e. The highest BCUT2D eigenvalue weighted by Gasteiger charge is 2.18. The Morgan fingerprint density at radius 2 is 2.26 bits per heavy atom. The fourth-order valence-electron chi connectivity index (χ4n) is 1.59. The van der Waals surface area contributed by atoms with Crippen molar-refractivity contribution in [2.75, 3.05) is 20.6 Å². The zero-order valence-electron chi connectivity index (χ0n) is 10.9. The number of carbonyl (C=O) groups is 1. The number of halogens is 1. The first-order valence-corrected chi connectivity index (χ1v) is 5.94. The summed E-state index contributed by atoms with van der Waals surface area (Å²) in [5.41, 5.74) is -0.267. The number of carbonyl (C=O) groups excluding carboxylic acids is 1. The number of rotatable bonds is 5. The Hall–Kier alpha value is -1.73. The van der Waals surface area contributed by atoms with Crippen LogP contribution in [0.15, 0.2) is 12.3 Å². The SMILES string of the molecule is CC(CN(C)C)NC(=O)c1cc([N+](=O)[O-])cnc1Cl. The third kappa shape index (κ3) is 4.46. The standard InChI is InChI=1S/C11H15ClN4O3/c1-7(6-15(2)3)14-11(17)9-4-8(16(18)19)5-13-10(9)12/h4-5,7H,6H2,1-3H3,(H,14,17). The van der Waals surface area contributed by atoms with Crippen LogP contribution >= 0.6 is 11.6 Å². The molecule has 0 radical (unpaired) electrons. The van der Waals surface area contributed by atoms with Crippen LogP contribution in [0.3, 0.4) is 0 Å². The first-order valence-electron chi connectivity index (χ1n) is 5.56. The smallest absolute Gasteiger partial charge is 0.288 e. The minimum Gasteiger partial charge on any atom is -0.348 e. The molecular formula is C11H15ClN4O3. The lowest BCUT2D eigenvalue weighted by Crippen LogP contribution is -2.39. The van der Waals surface area contributed by atoms with Gasteiger partial charge in [0, 0.05) is 18.7 Å². The zero-order chi connectivity index (χ0) is 14.6. The lowest BCUT2D eigenvalue weighted by Gasteiger charge is -2.18. The number of nitro groups is 1. The Morgan fingerprint density at radius 3 is 2.79 bits per heavy atom. The second kappa shape index (κ2) is 6.44. The molecule has 1 aromatic heterocycles. The summed E-state index contributed by atoms with van der Waals surface area (Å²) in [6.07, 6.45) is 1.02. The van der Waals surface area contributed by atoms with Crippen molar-refractivity contribution in [1.29, 1.82) is 0 Å². The van der Waals surface area contributed by atoms with Gasteiger partial charge in [0.25, 0.3) is 11.6 Å². The molecule has 1 unspecified atom stereocenters. The van der Waals surface area contributed by atoms with E-state index in [1.165, 1.54) is 0 Å². The van der Waals surface area contributed by atoms with E-state index in [1.54, 1.807) is 0 Å². The van der Waals surface area contributed by atoms with Gasteiger partial charge in [0.15, 0.2) is 0 Å². The fourth-order valence-corrected chi connectivity index (χ4v) is 1.78. The van der Waals surface area contributed by atoms with Crippen LogP contribution in [-0.4, -0.2) is 47.4 Å². The van der Waals surface area contributed by atoms with Crippen molar-refractivity contribution in [3.05, 3.63) is 33.1 Å². The molecule has 1 rings (SSSR count). The van der Waals surface area contributed by atoms with E-state index in [1.807, 2.05) is 25.9 Å². The van der Waals surface area contributed by atoms with Gasteiger partial charge in [-0.2, -0.15) is 0 Å². The molecule has 1 heterocycles. The molecule has 7 nitrogen and oxygen atoms in total. The Morgan fingerprint density at radius 1 is 1.63 bits per heavy atom. The second-order valence-corrected chi connectivity index (χ2v) is 4.78. The average Bonchev–Trinajstić information content (AvgIpc) is 2.27. The van der Waals surface area contributed by atoms with Crippen molar-refractivity contribution in [1.82, 2.24) is 15.2 Å². The van der Waals surface area contributed by atoms with E-state index < -0.39 is 10.8 Å². The van der Waals surface area contributed by atoms with E-state index in [0.717, 1.165) is 12.3 Å². The molecule has 0 aliphatic carbocycles. The Labute approximate surface area is 115 Å². The molecule has 0 bridgehead atoms. The molecule has 104 valence electrons. The maximum absolute atomic E-state index is 12.0. The quantitative estimate of drug-likeness (QED) is 0.501.